The Balaban J connectivity index is 2.07. The molecule has 2 N–H and O–H groups in total. The maximum absolute atomic E-state index is 11.7. The number of benzene rings is 1. The molecule has 2 aromatic rings. The molecule has 0 spiro atoms. The fraction of sp³-hybridized carbons (Fsp3) is 0. The van der Waals surface area contributed by atoms with Crippen molar-refractivity contribution in [3.8, 4) is 0 Å². The van der Waals surface area contributed by atoms with Gasteiger partial charge in [-0.25, -0.2) is 9.97 Å². The molecule has 0 bridgehead atoms. The number of carbonyl (C=O) groups excluding carboxylic acids is 2. The molecule has 9 nitrogen and oxygen atoms in total. The van der Waals surface area contributed by atoms with Crippen molar-refractivity contribution in [1.29, 1.82) is 0 Å². The van der Waals surface area contributed by atoms with Crippen LogP contribution < -0.4 is 10.6 Å². The van der Waals surface area contributed by atoms with Gasteiger partial charge >= 0.3 is 11.8 Å². The number of halogens is 1. The molecule has 1 heterocycles. The van der Waals surface area contributed by atoms with E-state index in [9.17, 15) is 19.7 Å². The summed E-state index contributed by atoms with van der Waals surface area (Å²) < 4.78 is 0. The summed E-state index contributed by atoms with van der Waals surface area (Å²) in [4.78, 5) is 40.8. The minimum Gasteiger partial charge on any atom is -0.318 e. The number of anilines is 2. The van der Waals surface area contributed by atoms with Gasteiger partial charge < -0.3 is 5.32 Å². The van der Waals surface area contributed by atoms with E-state index < -0.39 is 16.7 Å². The molecule has 22 heavy (non-hydrogen) atoms. The number of nitrogens with one attached hydrogen (secondary N) is 2. The number of nitrogens with zero attached hydrogens (tertiary/aromatic N) is 3. The third kappa shape index (κ3) is 3.73. The van der Waals surface area contributed by atoms with E-state index in [0.29, 0.717) is 0 Å². The fourth-order valence-corrected chi connectivity index (χ4v) is 1.63. The van der Waals surface area contributed by atoms with Crippen LogP contribution in [0.15, 0.2) is 36.7 Å². The minimum absolute atomic E-state index is 0.0373. The minimum atomic E-state index is -1.02. The van der Waals surface area contributed by atoms with Crippen molar-refractivity contribution in [3.63, 3.8) is 0 Å². The van der Waals surface area contributed by atoms with E-state index >= 15 is 0 Å². The number of rotatable bonds is 3. The summed E-state index contributed by atoms with van der Waals surface area (Å²) in [6.45, 7) is 0. The number of carbonyl (C=O) groups is 2. The SMILES string of the molecule is O=C(Nc1ccc(Cl)c([N+](=O)[O-])c1)C(=O)Nc1ncccn1. The summed E-state index contributed by atoms with van der Waals surface area (Å²) in [6.07, 6.45) is 2.78. The molecule has 0 unspecified atom stereocenters. The summed E-state index contributed by atoms with van der Waals surface area (Å²) in [7, 11) is 0. The van der Waals surface area contributed by atoms with Crippen LogP contribution in [-0.4, -0.2) is 26.7 Å². The highest BCUT2D eigenvalue weighted by Gasteiger charge is 2.18. The van der Waals surface area contributed by atoms with Gasteiger partial charge in [0.1, 0.15) is 5.02 Å². The van der Waals surface area contributed by atoms with Gasteiger partial charge in [0.15, 0.2) is 0 Å². The summed E-state index contributed by atoms with van der Waals surface area (Å²) in [5.74, 6) is -2.07. The average molecular weight is 322 g/mol. The zero-order valence-corrected chi connectivity index (χ0v) is 11.6. The smallest absolute Gasteiger partial charge is 0.316 e. The van der Waals surface area contributed by atoms with Crippen molar-refractivity contribution < 1.29 is 14.5 Å². The fourth-order valence-electron chi connectivity index (χ4n) is 1.44. The lowest BCUT2D eigenvalue weighted by molar-refractivity contribution is -0.384. The number of nitro benzene ring substituents is 1. The molecule has 1 aromatic heterocycles. The molecule has 0 radical (unpaired) electrons. The number of nitro groups is 1. The molecule has 2 amide bonds. The number of aromatic nitrogens is 2. The monoisotopic (exact) mass is 321 g/mol. The lowest BCUT2D eigenvalue weighted by atomic mass is 10.2. The molecular weight excluding hydrogens is 314 g/mol. The number of amides is 2. The van der Waals surface area contributed by atoms with Gasteiger partial charge in [-0.2, -0.15) is 0 Å². The molecule has 112 valence electrons. The molecule has 0 atom stereocenters. The molecular formula is C12H8ClN5O4. The average Bonchev–Trinajstić information content (AvgIpc) is 2.49. The first-order chi connectivity index (χ1) is 10.5. The van der Waals surface area contributed by atoms with Crippen LogP contribution >= 0.6 is 11.6 Å². The predicted octanol–water partition coefficient (Wildman–Crippen LogP) is 1.62. The van der Waals surface area contributed by atoms with Crippen LogP contribution in [0.25, 0.3) is 0 Å². The van der Waals surface area contributed by atoms with Crippen molar-refractivity contribution in [2.75, 3.05) is 10.6 Å². The molecule has 0 aliphatic carbocycles. The van der Waals surface area contributed by atoms with E-state index in [2.05, 4.69) is 20.6 Å². The topological polar surface area (TPSA) is 127 Å². The second-order valence-electron chi connectivity index (χ2n) is 3.90. The Morgan fingerprint density at radius 1 is 1.14 bits per heavy atom. The third-order valence-corrected chi connectivity index (χ3v) is 2.72. The Bertz CT molecular complexity index is 738. The van der Waals surface area contributed by atoms with Crippen LogP contribution in [-0.2, 0) is 9.59 Å². The van der Waals surface area contributed by atoms with E-state index in [1.165, 1.54) is 24.5 Å². The van der Waals surface area contributed by atoms with E-state index in [4.69, 9.17) is 11.6 Å². The summed E-state index contributed by atoms with van der Waals surface area (Å²) in [5.41, 5.74) is -0.323. The van der Waals surface area contributed by atoms with Gasteiger partial charge in [-0.1, -0.05) is 11.6 Å². The second kappa shape index (κ2) is 6.59. The summed E-state index contributed by atoms with van der Waals surface area (Å²) in [6, 6.07) is 5.17. The van der Waals surface area contributed by atoms with E-state index in [0.717, 1.165) is 6.07 Å². The molecule has 0 fully saturated rings. The van der Waals surface area contributed by atoms with Gasteiger partial charge in [-0.15, -0.1) is 0 Å². The van der Waals surface area contributed by atoms with Crippen LogP contribution in [0, 0.1) is 10.1 Å². The van der Waals surface area contributed by atoms with Gasteiger partial charge in [-0.05, 0) is 18.2 Å². The first kappa shape index (κ1) is 15.3. The molecule has 2 rings (SSSR count). The lowest BCUT2D eigenvalue weighted by Crippen LogP contribution is -2.29. The van der Waals surface area contributed by atoms with Crippen LogP contribution in [0.1, 0.15) is 0 Å². The van der Waals surface area contributed by atoms with Gasteiger partial charge in [0.2, 0.25) is 5.95 Å². The highest BCUT2D eigenvalue weighted by molar-refractivity contribution is 6.43. The van der Waals surface area contributed by atoms with E-state index in [1.54, 1.807) is 6.07 Å². The predicted molar refractivity (Wildman–Crippen MR) is 77.4 cm³/mol. The molecule has 0 aliphatic rings. The Labute approximate surface area is 128 Å². The van der Waals surface area contributed by atoms with Gasteiger partial charge in [0.05, 0.1) is 4.92 Å². The van der Waals surface area contributed by atoms with E-state index in [-0.39, 0.29) is 22.3 Å². The maximum atomic E-state index is 11.7. The quantitative estimate of drug-likeness (QED) is 0.502. The number of hydrogen-bond acceptors (Lipinski definition) is 6. The summed E-state index contributed by atoms with van der Waals surface area (Å²) >= 11 is 5.65. The Kier molecular flexibility index (Phi) is 4.59. The summed E-state index contributed by atoms with van der Waals surface area (Å²) in [5, 5.41) is 15.1. The van der Waals surface area contributed by atoms with Crippen LogP contribution in [0.2, 0.25) is 5.02 Å². The van der Waals surface area contributed by atoms with Gasteiger partial charge in [-0.3, -0.25) is 25.0 Å². The highest BCUT2D eigenvalue weighted by atomic mass is 35.5. The Morgan fingerprint density at radius 2 is 1.77 bits per heavy atom. The first-order valence-electron chi connectivity index (χ1n) is 5.80. The van der Waals surface area contributed by atoms with Crippen molar-refractivity contribution in [2.45, 2.75) is 0 Å². The zero-order valence-electron chi connectivity index (χ0n) is 10.8. The van der Waals surface area contributed by atoms with Crippen LogP contribution in [0.4, 0.5) is 17.3 Å². The Hall–Kier alpha value is -3.07. The van der Waals surface area contributed by atoms with Crippen molar-refractivity contribution in [2.24, 2.45) is 0 Å². The lowest BCUT2D eigenvalue weighted by Gasteiger charge is -2.05. The first-order valence-corrected chi connectivity index (χ1v) is 6.18. The largest absolute Gasteiger partial charge is 0.318 e. The van der Waals surface area contributed by atoms with Crippen molar-refractivity contribution in [1.82, 2.24) is 9.97 Å². The molecule has 0 saturated heterocycles. The van der Waals surface area contributed by atoms with Crippen LogP contribution in [0.3, 0.4) is 0 Å². The standard InChI is InChI=1S/C12H8ClN5O4/c13-8-3-2-7(6-9(8)18(21)22)16-10(19)11(20)17-12-14-4-1-5-15-12/h1-6H,(H,16,19)(H,14,15,17,20). The van der Waals surface area contributed by atoms with Crippen LogP contribution in [0.5, 0.6) is 0 Å². The normalized spacial score (nSPS) is 9.86. The highest BCUT2D eigenvalue weighted by Crippen LogP contribution is 2.27. The molecule has 0 saturated carbocycles. The van der Waals surface area contributed by atoms with E-state index in [1.807, 2.05) is 0 Å². The second-order valence-corrected chi connectivity index (χ2v) is 4.31. The van der Waals surface area contributed by atoms with Gasteiger partial charge in [0, 0.05) is 24.1 Å². The van der Waals surface area contributed by atoms with Gasteiger partial charge in [0.25, 0.3) is 5.69 Å². The zero-order chi connectivity index (χ0) is 16.1. The Morgan fingerprint density at radius 3 is 2.41 bits per heavy atom. The third-order valence-electron chi connectivity index (χ3n) is 2.40. The maximum Gasteiger partial charge on any atom is 0.316 e. The number of hydrogen-bond donors (Lipinski definition) is 2. The molecule has 10 heteroatoms. The van der Waals surface area contributed by atoms with Crippen molar-refractivity contribution >= 4 is 40.7 Å². The van der Waals surface area contributed by atoms with Crippen molar-refractivity contribution in [3.05, 3.63) is 51.8 Å². The molecule has 0 aliphatic heterocycles. The molecule has 1 aromatic carbocycles.